The third-order valence-electron chi connectivity index (χ3n) is 6.07. The zero-order valence-corrected chi connectivity index (χ0v) is 15.4. The standard InChI is InChI=1S/C19H32N4O2/c1-2-25-15-10-18(6-3-4-7-18)16-21-17(24)19(8-12-20-13-9-19)23-14-5-11-22-23/h5,11,14,20H,2-4,6-10,12-13,15-16H2,1H3,(H,21,24). The summed E-state index contributed by atoms with van der Waals surface area (Å²) in [5.41, 5.74) is -0.336. The highest BCUT2D eigenvalue weighted by molar-refractivity contribution is 5.84. The summed E-state index contributed by atoms with van der Waals surface area (Å²) >= 11 is 0. The minimum absolute atomic E-state index is 0.125. The van der Waals surface area contributed by atoms with E-state index < -0.39 is 5.54 Å². The fraction of sp³-hybridized carbons (Fsp3) is 0.789. The van der Waals surface area contributed by atoms with Gasteiger partial charge in [0, 0.05) is 32.2 Å². The molecule has 3 rings (SSSR count). The van der Waals surface area contributed by atoms with Crippen LogP contribution in [-0.2, 0) is 15.1 Å². The first-order chi connectivity index (χ1) is 12.2. The number of carbonyl (C=O) groups is 1. The van der Waals surface area contributed by atoms with E-state index in [1.165, 1.54) is 25.7 Å². The van der Waals surface area contributed by atoms with Gasteiger partial charge in [-0.1, -0.05) is 12.8 Å². The van der Waals surface area contributed by atoms with E-state index in [4.69, 9.17) is 4.74 Å². The maximum Gasteiger partial charge on any atom is 0.248 e. The predicted molar refractivity (Wildman–Crippen MR) is 97.3 cm³/mol. The molecule has 6 nitrogen and oxygen atoms in total. The van der Waals surface area contributed by atoms with Gasteiger partial charge in [-0.2, -0.15) is 5.10 Å². The van der Waals surface area contributed by atoms with E-state index in [-0.39, 0.29) is 11.3 Å². The summed E-state index contributed by atoms with van der Waals surface area (Å²) in [7, 11) is 0. The van der Waals surface area contributed by atoms with Gasteiger partial charge in [-0.15, -0.1) is 0 Å². The van der Waals surface area contributed by atoms with E-state index in [1.807, 2.05) is 23.9 Å². The van der Waals surface area contributed by atoms with Gasteiger partial charge in [0.15, 0.2) is 0 Å². The lowest BCUT2D eigenvalue weighted by atomic mass is 9.82. The minimum Gasteiger partial charge on any atom is -0.382 e. The molecule has 0 spiro atoms. The average Bonchev–Trinajstić information content (AvgIpc) is 3.33. The molecule has 0 radical (unpaired) electrons. The summed E-state index contributed by atoms with van der Waals surface area (Å²) in [6, 6.07) is 1.90. The van der Waals surface area contributed by atoms with E-state index in [0.29, 0.717) is 0 Å². The van der Waals surface area contributed by atoms with Crippen LogP contribution in [0.15, 0.2) is 18.5 Å². The number of carbonyl (C=O) groups excluding carboxylic acids is 1. The van der Waals surface area contributed by atoms with Gasteiger partial charge in [-0.25, -0.2) is 0 Å². The lowest BCUT2D eigenvalue weighted by Gasteiger charge is -2.38. The van der Waals surface area contributed by atoms with Crippen LogP contribution in [0.4, 0.5) is 0 Å². The molecule has 1 saturated heterocycles. The van der Waals surface area contributed by atoms with E-state index in [2.05, 4.69) is 15.7 Å². The molecule has 0 aromatic carbocycles. The molecule has 0 unspecified atom stereocenters. The van der Waals surface area contributed by atoms with Gasteiger partial charge >= 0.3 is 0 Å². The molecule has 1 amide bonds. The maximum atomic E-state index is 13.2. The largest absolute Gasteiger partial charge is 0.382 e. The highest BCUT2D eigenvalue weighted by Gasteiger charge is 2.43. The van der Waals surface area contributed by atoms with Crippen LogP contribution in [0.5, 0.6) is 0 Å². The summed E-state index contributed by atoms with van der Waals surface area (Å²) in [6.45, 7) is 6.05. The molecule has 1 aromatic rings. The molecule has 2 heterocycles. The lowest BCUT2D eigenvalue weighted by Crippen LogP contribution is -2.55. The number of nitrogens with zero attached hydrogens (tertiary/aromatic N) is 2. The molecule has 2 N–H and O–H groups in total. The van der Waals surface area contributed by atoms with Crippen LogP contribution in [0.2, 0.25) is 0 Å². The Labute approximate surface area is 150 Å². The monoisotopic (exact) mass is 348 g/mol. The maximum absolute atomic E-state index is 13.2. The smallest absolute Gasteiger partial charge is 0.248 e. The third-order valence-corrected chi connectivity index (χ3v) is 6.07. The molecule has 1 aliphatic carbocycles. The van der Waals surface area contributed by atoms with E-state index >= 15 is 0 Å². The Hall–Kier alpha value is -1.40. The van der Waals surface area contributed by atoms with Crippen LogP contribution in [0.1, 0.15) is 51.9 Å². The van der Waals surface area contributed by atoms with Crippen molar-refractivity contribution in [1.82, 2.24) is 20.4 Å². The number of ether oxygens (including phenoxy) is 1. The van der Waals surface area contributed by atoms with Crippen molar-refractivity contribution in [2.24, 2.45) is 5.41 Å². The van der Waals surface area contributed by atoms with Crippen molar-refractivity contribution in [3.63, 3.8) is 0 Å². The van der Waals surface area contributed by atoms with Crippen molar-refractivity contribution in [2.45, 2.75) is 57.4 Å². The molecule has 0 atom stereocenters. The molecule has 140 valence electrons. The first-order valence-electron chi connectivity index (χ1n) is 9.78. The van der Waals surface area contributed by atoms with E-state index in [1.54, 1.807) is 6.20 Å². The van der Waals surface area contributed by atoms with Crippen molar-refractivity contribution >= 4 is 5.91 Å². The van der Waals surface area contributed by atoms with Gasteiger partial charge in [-0.05, 0) is 63.6 Å². The fourth-order valence-corrected chi connectivity index (χ4v) is 4.43. The number of rotatable bonds is 8. The van der Waals surface area contributed by atoms with Gasteiger partial charge in [0.1, 0.15) is 5.54 Å². The predicted octanol–water partition coefficient (Wildman–Crippen LogP) is 2.06. The van der Waals surface area contributed by atoms with E-state index in [9.17, 15) is 4.79 Å². The second-order valence-corrected chi connectivity index (χ2v) is 7.57. The number of aromatic nitrogens is 2. The number of nitrogens with one attached hydrogen (secondary N) is 2. The number of hydrogen-bond acceptors (Lipinski definition) is 4. The Kier molecular flexibility index (Phi) is 6.12. The summed E-state index contributed by atoms with van der Waals surface area (Å²) in [6.07, 6.45) is 11.2. The van der Waals surface area contributed by atoms with Crippen LogP contribution >= 0.6 is 0 Å². The third kappa shape index (κ3) is 4.06. The highest BCUT2D eigenvalue weighted by Crippen LogP contribution is 2.41. The van der Waals surface area contributed by atoms with Gasteiger partial charge in [0.05, 0.1) is 0 Å². The van der Waals surface area contributed by atoms with Crippen molar-refractivity contribution < 1.29 is 9.53 Å². The molecule has 2 aliphatic rings. The van der Waals surface area contributed by atoms with Gasteiger partial charge in [0.25, 0.3) is 0 Å². The normalized spacial score (nSPS) is 22.0. The van der Waals surface area contributed by atoms with Gasteiger partial charge < -0.3 is 15.4 Å². The van der Waals surface area contributed by atoms with Crippen molar-refractivity contribution in [3.05, 3.63) is 18.5 Å². The Morgan fingerprint density at radius 3 is 2.68 bits per heavy atom. The topological polar surface area (TPSA) is 68.2 Å². The molecule has 1 aromatic heterocycles. The summed E-state index contributed by atoms with van der Waals surface area (Å²) in [4.78, 5) is 13.2. The summed E-state index contributed by atoms with van der Waals surface area (Å²) in [5.74, 6) is 0.125. The molecular formula is C19H32N4O2. The van der Waals surface area contributed by atoms with Crippen molar-refractivity contribution in [1.29, 1.82) is 0 Å². The second-order valence-electron chi connectivity index (χ2n) is 7.57. The van der Waals surface area contributed by atoms with Crippen LogP contribution in [-0.4, -0.2) is 48.5 Å². The van der Waals surface area contributed by atoms with Gasteiger partial charge in [-0.3, -0.25) is 9.48 Å². The summed E-state index contributed by atoms with van der Waals surface area (Å²) in [5, 5.41) is 11.1. The molecule has 1 aliphatic heterocycles. The minimum atomic E-state index is -0.547. The Balaban J connectivity index is 1.66. The molecule has 2 fully saturated rings. The molecule has 0 bridgehead atoms. The lowest BCUT2D eigenvalue weighted by molar-refractivity contribution is -0.132. The first-order valence-corrected chi connectivity index (χ1v) is 9.78. The van der Waals surface area contributed by atoms with Crippen molar-refractivity contribution in [2.75, 3.05) is 32.8 Å². The van der Waals surface area contributed by atoms with Crippen LogP contribution < -0.4 is 10.6 Å². The molecule has 6 heteroatoms. The van der Waals surface area contributed by atoms with Gasteiger partial charge in [0.2, 0.25) is 5.91 Å². The Bertz CT molecular complexity index is 532. The Morgan fingerprint density at radius 2 is 2.04 bits per heavy atom. The first kappa shape index (κ1) is 18.4. The van der Waals surface area contributed by atoms with E-state index in [0.717, 1.165) is 52.1 Å². The molecule has 1 saturated carbocycles. The number of hydrogen-bond donors (Lipinski definition) is 2. The van der Waals surface area contributed by atoms with Crippen LogP contribution in [0.25, 0.3) is 0 Å². The summed E-state index contributed by atoms with van der Waals surface area (Å²) < 4.78 is 7.45. The van der Waals surface area contributed by atoms with Crippen LogP contribution in [0, 0.1) is 5.41 Å². The SMILES string of the molecule is CCOCCC1(CNC(=O)C2(n3cccn3)CCNCC2)CCCC1. The second kappa shape index (κ2) is 8.32. The fourth-order valence-electron chi connectivity index (χ4n) is 4.43. The molecule has 25 heavy (non-hydrogen) atoms. The Morgan fingerprint density at radius 1 is 1.28 bits per heavy atom. The zero-order chi connectivity index (χ0) is 17.6. The number of amides is 1. The molecular weight excluding hydrogens is 316 g/mol. The van der Waals surface area contributed by atoms with Crippen molar-refractivity contribution in [3.8, 4) is 0 Å². The highest BCUT2D eigenvalue weighted by atomic mass is 16.5. The average molecular weight is 348 g/mol. The zero-order valence-electron chi connectivity index (χ0n) is 15.4. The number of piperidine rings is 1. The van der Waals surface area contributed by atoms with Crippen LogP contribution in [0.3, 0.4) is 0 Å². The quantitative estimate of drug-likeness (QED) is 0.706.